The van der Waals surface area contributed by atoms with Gasteiger partial charge in [0.2, 0.25) is 0 Å². The first-order chi connectivity index (χ1) is 13.2. The maximum absolute atomic E-state index is 10.9. The largest absolute Gasteiger partial charge is 0.368 e. The molecule has 0 atom stereocenters. The van der Waals surface area contributed by atoms with Gasteiger partial charge in [-0.1, -0.05) is 36.4 Å². The molecule has 8 heteroatoms. The van der Waals surface area contributed by atoms with Crippen LogP contribution in [-0.2, 0) is 0 Å². The average Bonchev–Trinajstić information content (AvgIpc) is 3.35. The van der Waals surface area contributed by atoms with Crippen molar-refractivity contribution in [3.05, 3.63) is 53.2 Å². The summed E-state index contributed by atoms with van der Waals surface area (Å²) >= 11 is 3.21. The van der Waals surface area contributed by atoms with Gasteiger partial charge in [0, 0.05) is 24.0 Å². The Morgan fingerprint density at radius 1 is 1.04 bits per heavy atom. The van der Waals surface area contributed by atoms with Crippen molar-refractivity contribution >= 4 is 44.7 Å². The van der Waals surface area contributed by atoms with Crippen LogP contribution in [0.3, 0.4) is 0 Å². The van der Waals surface area contributed by atoms with Gasteiger partial charge in [0.15, 0.2) is 5.82 Å². The first-order valence-corrected chi connectivity index (χ1v) is 10.1. The second-order valence-corrected chi connectivity index (χ2v) is 7.59. The average molecular weight is 396 g/mol. The predicted octanol–water partition coefficient (Wildman–Crippen LogP) is 4.17. The van der Waals surface area contributed by atoms with Crippen LogP contribution in [0.1, 0.15) is 0 Å². The summed E-state index contributed by atoms with van der Waals surface area (Å²) in [7, 11) is 0. The zero-order valence-electron chi connectivity index (χ0n) is 14.3. The van der Waals surface area contributed by atoms with E-state index >= 15 is 0 Å². The molecule has 2 amide bonds. The van der Waals surface area contributed by atoms with E-state index in [1.54, 1.807) is 22.7 Å². The number of hydrogen-bond acceptors (Lipinski definition) is 6. The van der Waals surface area contributed by atoms with Gasteiger partial charge in [-0.15, -0.1) is 22.7 Å². The fraction of sp³-hybridized carbons (Fsp3) is 0.105. The monoisotopic (exact) mass is 395 g/mol. The number of aromatic nitrogens is 2. The third-order valence-corrected chi connectivity index (χ3v) is 5.71. The predicted molar refractivity (Wildman–Crippen MR) is 112 cm³/mol. The number of primary amides is 1. The molecule has 4 aromatic rings. The maximum Gasteiger partial charge on any atom is 0.312 e. The van der Waals surface area contributed by atoms with Crippen molar-refractivity contribution in [1.82, 2.24) is 15.3 Å². The van der Waals surface area contributed by atoms with E-state index in [2.05, 4.69) is 28.1 Å². The lowest BCUT2D eigenvalue weighted by atomic mass is 10.1. The topological polar surface area (TPSA) is 92.9 Å². The zero-order valence-corrected chi connectivity index (χ0v) is 15.9. The van der Waals surface area contributed by atoms with Crippen LogP contribution >= 0.6 is 22.7 Å². The molecule has 3 aromatic heterocycles. The van der Waals surface area contributed by atoms with E-state index in [4.69, 9.17) is 15.7 Å². The highest BCUT2D eigenvalue weighted by Crippen LogP contribution is 2.38. The molecule has 0 saturated carbocycles. The Kier molecular flexibility index (Phi) is 4.99. The number of nitrogens with one attached hydrogen (secondary N) is 2. The molecule has 136 valence electrons. The highest BCUT2D eigenvalue weighted by molar-refractivity contribution is 7.17. The minimum absolute atomic E-state index is 0.417. The van der Waals surface area contributed by atoms with Gasteiger partial charge in [-0.2, -0.15) is 0 Å². The van der Waals surface area contributed by atoms with E-state index in [0.717, 1.165) is 32.0 Å². The number of benzene rings is 1. The number of nitrogens with zero attached hydrogens (tertiary/aromatic N) is 2. The molecule has 0 aliphatic heterocycles. The van der Waals surface area contributed by atoms with Crippen molar-refractivity contribution in [3.8, 4) is 21.8 Å². The summed E-state index contributed by atoms with van der Waals surface area (Å²) in [5.74, 6) is 1.46. The summed E-state index contributed by atoms with van der Waals surface area (Å²) < 4.78 is 0. The summed E-state index contributed by atoms with van der Waals surface area (Å²) in [5.41, 5.74) is 7.35. The third-order valence-electron chi connectivity index (χ3n) is 3.98. The van der Waals surface area contributed by atoms with Crippen molar-refractivity contribution in [1.29, 1.82) is 0 Å². The summed E-state index contributed by atoms with van der Waals surface area (Å²) in [6.07, 6.45) is 0. The van der Waals surface area contributed by atoms with Gasteiger partial charge in [0.25, 0.3) is 0 Å². The van der Waals surface area contributed by atoms with Crippen molar-refractivity contribution in [2.45, 2.75) is 0 Å². The Hall–Kier alpha value is -2.97. The highest BCUT2D eigenvalue weighted by Gasteiger charge is 2.16. The van der Waals surface area contributed by atoms with Gasteiger partial charge >= 0.3 is 6.03 Å². The van der Waals surface area contributed by atoms with E-state index < -0.39 is 6.03 Å². The van der Waals surface area contributed by atoms with Gasteiger partial charge in [-0.25, -0.2) is 14.8 Å². The molecule has 4 rings (SSSR count). The summed E-state index contributed by atoms with van der Waals surface area (Å²) in [5, 5.41) is 11.0. The summed E-state index contributed by atoms with van der Waals surface area (Å²) in [6.45, 7) is 0.934. The molecule has 1 aromatic carbocycles. The van der Waals surface area contributed by atoms with Crippen LogP contribution in [-0.4, -0.2) is 29.1 Å². The minimum Gasteiger partial charge on any atom is -0.368 e. The van der Waals surface area contributed by atoms with Crippen LogP contribution in [0.15, 0.2) is 53.2 Å². The molecular formula is C19H17N5OS2. The SMILES string of the molecule is NC(=O)NCCNc1nc(-c2cccs2)nc2scc(-c3ccccc3)c12. The Morgan fingerprint density at radius 3 is 2.63 bits per heavy atom. The number of hydrogen-bond donors (Lipinski definition) is 3. The fourth-order valence-electron chi connectivity index (χ4n) is 2.78. The number of nitrogens with two attached hydrogens (primary N) is 1. The minimum atomic E-state index is -0.538. The number of fused-ring (bicyclic) bond motifs is 1. The van der Waals surface area contributed by atoms with Gasteiger partial charge in [0.05, 0.1) is 10.3 Å². The molecule has 4 N–H and O–H groups in total. The smallest absolute Gasteiger partial charge is 0.312 e. The van der Waals surface area contributed by atoms with Crippen LogP contribution in [0, 0.1) is 0 Å². The highest BCUT2D eigenvalue weighted by atomic mass is 32.1. The first-order valence-electron chi connectivity index (χ1n) is 8.38. The van der Waals surface area contributed by atoms with Gasteiger partial charge < -0.3 is 16.4 Å². The Morgan fingerprint density at radius 2 is 1.89 bits per heavy atom. The number of urea groups is 1. The number of carbonyl (C=O) groups is 1. The van der Waals surface area contributed by atoms with Crippen molar-refractivity contribution in [3.63, 3.8) is 0 Å². The number of rotatable bonds is 6. The molecule has 6 nitrogen and oxygen atoms in total. The van der Waals surface area contributed by atoms with Crippen LogP contribution in [0.25, 0.3) is 32.0 Å². The molecule has 27 heavy (non-hydrogen) atoms. The summed E-state index contributed by atoms with van der Waals surface area (Å²) in [4.78, 5) is 22.4. The zero-order chi connectivity index (χ0) is 18.6. The van der Waals surface area contributed by atoms with Gasteiger partial charge in [0.1, 0.15) is 10.6 Å². The Bertz CT molecular complexity index is 1060. The second kappa shape index (κ2) is 7.73. The van der Waals surface area contributed by atoms with Crippen LogP contribution < -0.4 is 16.4 Å². The number of amides is 2. The van der Waals surface area contributed by atoms with Crippen molar-refractivity contribution in [2.75, 3.05) is 18.4 Å². The lowest BCUT2D eigenvalue weighted by Crippen LogP contribution is -2.33. The number of thiophene rings is 2. The molecule has 0 unspecified atom stereocenters. The molecule has 3 heterocycles. The quantitative estimate of drug-likeness (QED) is 0.427. The molecule has 0 aliphatic carbocycles. The molecular weight excluding hydrogens is 378 g/mol. The van der Waals surface area contributed by atoms with Gasteiger partial charge in [-0.3, -0.25) is 0 Å². The van der Waals surface area contributed by atoms with Crippen LogP contribution in [0.5, 0.6) is 0 Å². The summed E-state index contributed by atoms with van der Waals surface area (Å²) in [6, 6.07) is 13.6. The Balaban J connectivity index is 1.77. The van der Waals surface area contributed by atoms with E-state index in [0.29, 0.717) is 18.9 Å². The number of anilines is 1. The number of carbonyl (C=O) groups excluding carboxylic acids is 1. The molecule has 0 spiro atoms. The molecule has 0 bridgehead atoms. The van der Waals surface area contributed by atoms with Crippen LogP contribution in [0.4, 0.5) is 10.6 Å². The van der Waals surface area contributed by atoms with Crippen LogP contribution in [0.2, 0.25) is 0 Å². The van der Waals surface area contributed by atoms with E-state index in [-0.39, 0.29) is 0 Å². The van der Waals surface area contributed by atoms with E-state index in [1.807, 2.05) is 35.7 Å². The second-order valence-electron chi connectivity index (χ2n) is 5.79. The molecule has 0 saturated heterocycles. The fourth-order valence-corrected chi connectivity index (χ4v) is 4.39. The third kappa shape index (κ3) is 3.76. The van der Waals surface area contributed by atoms with Crippen molar-refractivity contribution in [2.24, 2.45) is 5.73 Å². The standard InChI is InChI=1S/C19H17N5OS2/c20-19(25)22-9-8-21-17-15-13(12-5-2-1-3-6-12)11-27-18(15)24-16(23-17)14-7-4-10-26-14/h1-7,10-11H,8-9H2,(H3,20,22,25)(H,21,23,24). The normalized spacial score (nSPS) is 10.8. The first kappa shape index (κ1) is 17.4. The Labute approximate surface area is 164 Å². The van der Waals surface area contributed by atoms with E-state index in [9.17, 15) is 4.79 Å². The molecule has 0 fully saturated rings. The van der Waals surface area contributed by atoms with Crippen molar-refractivity contribution < 1.29 is 4.79 Å². The molecule has 0 aliphatic rings. The van der Waals surface area contributed by atoms with Gasteiger partial charge in [-0.05, 0) is 17.0 Å². The molecule has 0 radical (unpaired) electrons. The lowest BCUT2D eigenvalue weighted by molar-refractivity contribution is 0.249. The van der Waals surface area contributed by atoms with E-state index in [1.165, 1.54) is 0 Å². The lowest BCUT2D eigenvalue weighted by Gasteiger charge is -2.10. The maximum atomic E-state index is 10.9.